The van der Waals surface area contributed by atoms with Gasteiger partial charge < -0.3 is 9.88 Å². The zero-order valence-corrected chi connectivity index (χ0v) is 15.2. The van der Waals surface area contributed by atoms with Crippen molar-refractivity contribution in [3.8, 4) is 0 Å². The summed E-state index contributed by atoms with van der Waals surface area (Å²) in [4.78, 5) is 22.8. The van der Waals surface area contributed by atoms with Crippen molar-refractivity contribution in [2.24, 2.45) is 0 Å². The highest BCUT2D eigenvalue weighted by atomic mass is 16.2. The molecule has 6 nitrogen and oxygen atoms in total. The summed E-state index contributed by atoms with van der Waals surface area (Å²) in [5, 5.41) is 5.46. The fraction of sp³-hybridized carbons (Fsp3) is 0.286. The monoisotopic (exact) mass is 359 g/mol. The van der Waals surface area contributed by atoms with Crippen molar-refractivity contribution in [3.63, 3.8) is 0 Å². The fourth-order valence-electron chi connectivity index (χ4n) is 3.98. The highest BCUT2D eigenvalue weighted by Crippen LogP contribution is 2.28. The van der Waals surface area contributed by atoms with E-state index in [-0.39, 0.29) is 5.91 Å². The number of nitrogens with one attached hydrogen (secondary N) is 1. The van der Waals surface area contributed by atoms with E-state index in [4.69, 9.17) is 4.98 Å². The summed E-state index contributed by atoms with van der Waals surface area (Å²) >= 11 is 0. The van der Waals surface area contributed by atoms with Gasteiger partial charge in [0.25, 0.3) is 5.91 Å². The van der Waals surface area contributed by atoms with E-state index in [0.29, 0.717) is 11.6 Å². The van der Waals surface area contributed by atoms with E-state index in [2.05, 4.69) is 16.1 Å². The van der Waals surface area contributed by atoms with E-state index in [1.807, 2.05) is 58.9 Å². The van der Waals surface area contributed by atoms with Gasteiger partial charge in [0.2, 0.25) is 0 Å². The Morgan fingerprint density at radius 2 is 1.96 bits per heavy atom. The Morgan fingerprint density at radius 1 is 1.15 bits per heavy atom. The number of para-hydroxylation sites is 1. The van der Waals surface area contributed by atoms with Crippen LogP contribution in [0.1, 0.15) is 40.6 Å². The van der Waals surface area contributed by atoms with Gasteiger partial charge in [0, 0.05) is 47.9 Å². The second-order valence-electron chi connectivity index (χ2n) is 7.28. The van der Waals surface area contributed by atoms with Gasteiger partial charge in [-0.15, -0.1) is 0 Å². The highest BCUT2D eigenvalue weighted by molar-refractivity contribution is 5.98. The first-order valence-electron chi connectivity index (χ1n) is 9.37. The maximum Gasteiger partial charge on any atom is 0.270 e. The van der Waals surface area contributed by atoms with Crippen LogP contribution in [0.3, 0.4) is 0 Å². The van der Waals surface area contributed by atoms with Gasteiger partial charge in [-0.2, -0.15) is 5.10 Å². The van der Waals surface area contributed by atoms with Crippen LogP contribution in [-0.2, 0) is 0 Å². The van der Waals surface area contributed by atoms with Gasteiger partial charge in [-0.1, -0.05) is 18.2 Å². The van der Waals surface area contributed by atoms with Crippen molar-refractivity contribution in [1.82, 2.24) is 24.5 Å². The fourth-order valence-corrected chi connectivity index (χ4v) is 3.98. The lowest BCUT2D eigenvalue weighted by Crippen LogP contribution is -2.38. The zero-order chi connectivity index (χ0) is 18.4. The van der Waals surface area contributed by atoms with Gasteiger partial charge in [0.15, 0.2) is 5.65 Å². The molecule has 1 amide bonds. The van der Waals surface area contributed by atoms with E-state index in [1.54, 1.807) is 0 Å². The minimum absolute atomic E-state index is 0.0828. The summed E-state index contributed by atoms with van der Waals surface area (Å²) in [7, 11) is 0. The lowest BCUT2D eigenvalue weighted by Gasteiger charge is -2.31. The number of aromatic nitrogens is 4. The number of nitrogens with zero attached hydrogens (tertiary/aromatic N) is 4. The normalized spacial score (nSPS) is 15.7. The number of amides is 1. The molecule has 0 bridgehead atoms. The SMILES string of the molecule is Cc1cc2nc(C3CCN(C(=O)c4cc5ccccc5[nH]4)CC3)ccn2n1. The van der Waals surface area contributed by atoms with Crippen LogP contribution < -0.4 is 0 Å². The van der Waals surface area contributed by atoms with Gasteiger partial charge >= 0.3 is 0 Å². The van der Waals surface area contributed by atoms with E-state index < -0.39 is 0 Å². The van der Waals surface area contributed by atoms with Gasteiger partial charge in [0.1, 0.15) is 5.69 Å². The molecule has 0 aliphatic carbocycles. The summed E-state index contributed by atoms with van der Waals surface area (Å²) in [6.45, 7) is 3.48. The summed E-state index contributed by atoms with van der Waals surface area (Å²) in [6, 6.07) is 14.0. The molecule has 0 radical (unpaired) electrons. The number of hydrogen-bond acceptors (Lipinski definition) is 3. The van der Waals surface area contributed by atoms with Gasteiger partial charge in [-0.3, -0.25) is 4.79 Å². The Bertz CT molecular complexity index is 1100. The first-order valence-corrected chi connectivity index (χ1v) is 9.37. The molecule has 1 N–H and O–H groups in total. The molecule has 6 heteroatoms. The van der Waals surface area contributed by atoms with Crippen LogP contribution in [0, 0.1) is 6.92 Å². The average molecular weight is 359 g/mol. The van der Waals surface area contributed by atoms with Crippen molar-refractivity contribution >= 4 is 22.5 Å². The smallest absolute Gasteiger partial charge is 0.270 e. The van der Waals surface area contributed by atoms with Crippen LogP contribution in [0.25, 0.3) is 16.6 Å². The van der Waals surface area contributed by atoms with Crippen LogP contribution in [-0.4, -0.2) is 43.5 Å². The largest absolute Gasteiger partial charge is 0.351 e. The predicted molar refractivity (Wildman–Crippen MR) is 104 cm³/mol. The summed E-state index contributed by atoms with van der Waals surface area (Å²) in [5.74, 6) is 0.469. The molecular formula is C21H21N5O. The molecule has 1 aromatic carbocycles. The van der Waals surface area contributed by atoms with E-state index in [1.165, 1.54) is 0 Å². The average Bonchev–Trinajstić information content (AvgIpc) is 3.29. The minimum atomic E-state index is 0.0828. The second-order valence-corrected chi connectivity index (χ2v) is 7.28. The number of piperidine rings is 1. The molecule has 1 saturated heterocycles. The number of likely N-dealkylation sites (tertiary alicyclic amines) is 1. The van der Waals surface area contributed by atoms with E-state index in [0.717, 1.165) is 53.9 Å². The first-order chi connectivity index (χ1) is 13.2. The standard InChI is InChI=1S/C21H21N5O/c1-14-12-20-23-18(8-11-26(20)24-14)15-6-9-25(10-7-15)21(27)19-13-16-4-2-3-5-17(16)22-19/h2-5,8,11-13,15,22H,6-7,9-10H2,1H3. The molecular weight excluding hydrogens is 338 g/mol. The molecule has 0 atom stereocenters. The molecule has 136 valence electrons. The number of aromatic amines is 1. The topological polar surface area (TPSA) is 66.3 Å². The number of H-pyrrole nitrogens is 1. The maximum atomic E-state index is 12.9. The van der Waals surface area contributed by atoms with Crippen molar-refractivity contribution in [2.45, 2.75) is 25.7 Å². The molecule has 4 heterocycles. The molecule has 0 saturated carbocycles. The van der Waals surface area contributed by atoms with Crippen molar-refractivity contribution in [3.05, 3.63) is 65.7 Å². The highest BCUT2D eigenvalue weighted by Gasteiger charge is 2.26. The molecule has 3 aromatic heterocycles. The molecule has 1 aliphatic rings. The van der Waals surface area contributed by atoms with Gasteiger partial charge in [0.05, 0.1) is 5.69 Å². The van der Waals surface area contributed by atoms with Crippen LogP contribution in [0.4, 0.5) is 0 Å². The van der Waals surface area contributed by atoms with E-state index in [9.17, 15) is 4.79 Å². The molecule has 5 rings (SSSR count). The minimum Gasteiger partial charge on any atom is -0.351 e. The Balaban J connectivity index is 1.30. The summed E-state index contributed by atoms with van der Waals surface area (Å²) < 4.78 is 1.81. The van der Waals surface area contributed by atoms with Crippen molar-refractivity contribution in [1.29, 1.82) is 0 Å². The molecule has 27 heavy (non-hydrogen) atoms. The van der Waals surface area contributed by atoms with Gasteiger partial charge in [-0.05, 0) is 38.0 Å². The third-order valence-electron chi connectivity index (χ3n) is 5.43. The van der Waals surface area contributed by atoms with Crippen LogP contribution in [0.2, 0.25) is 0 Å². The molecule has 1 fully saturated rings. The third-order valence-corrected chi connectivity index (χ3v) is 5.43. The Hall–Kier alpha value is -3.15. The van der Waals surface area contributed by atoms with Crippen molar-refractivity contribution < 1.29 is 4.79 Å². The maximum absolute atomic E-state index is 12.9. The Labute approximate surface area is 156 Å². The molecule has 0 unspecified atom stereocenters. The number of hydrogen-bond donors (Lipinski definition) is 1. The number of aryl methyl sites for hydroxylation is 1. The van der Waals surface area contributed by atoms with E-state index >= 15 is 0 Å². The Morgan fingerprint density at radius 3 is 2.78 bits per heavy atom. The quantitative estimate of drug-likeness (QED) is 0.595. The van der Waals surface area contributed by atoms with Crippen LogP contribution in [0.5, 0.6) is 0 Å². The number of carbonyl (C=O) groups excluding carboxylic acids is 1. The molecule has 4 aromatic rings. The number of rotatable bonds is 2. The molecule has 0 spiro atoms. The van der Waals surface area contributed by atoms with Crippen molar-refractivity contribution in [2.75, 3.05) is 13.1 Å². The second kappa shape index (κ2) is 6.23. The van der Waals surface area contributed by atoms with Crippen LogP contribution >= 0.6 is 0 Å². The number of fused-ring (bicyclic) bond motifs is 2. The lowest BCUT2D eigenvalue weighted by molar-refractivity contribution is 0.0707. The van der Waals surface area contributed by atoms with Crippen LogP contribution in [0.15, 0.2) is 48.7 Å². The zero-order valence-electron chi connectivity index (χ0n) is 15.2. The first kappa shape index (κ1) is 16.1. The van der Waals surface area contributed by atoms with Gasteiger partial charge in [-0.25, -0.2) is 9.50 Å². The molecule has 1 aliphatic heterocycles. The third kappa shape index (κ3) is 2.87. The number of benzene rings is 1. The Kier molecular flexibility index (Phi) is 3.70. The summed E-state index contributed by atoms with van der Waals surface area (Å²) in [5.41, 5.74) is 4.63. The summed E-state index contributed by atoms with van der Waals surface area (Å²) in [6.07, 6.45) is 3.84. The predicted octanol–water partition coefficient (Wildman–Crippen LogP) is 3.54. The lowest BCUT2D eigenvalue weighted by atomic mass is 9.93. The number of carbonyl (C=O) groups is 1.